The summed E-state index contributed by atoms with van der Waals surface area (Å²) < 4.78 is 5.59. The van der Waals surface area contributed by atoms with Crippen LogP contribution in [0.5, 0.6) is 5.75 Å². The van der Waals surface area contributed by atoms with Crippen LogP contribution in [0.4, 0.5) is 0 Å². The van der Waals surface area contributed by atoms with Crippen molar-refractivity contribution in [1.29, 1.82) is 0 Å². The van der Waals surface area contributed by atoms with Gasteiger partial charge in [-0.3, -0.25) is 9.59 Å². The molecule has 2 amide bonds. The first-order valence-electron chi connectivity index (χ1n) is 11.0. The minimum atomic E-state index is 0.0152. The molecule has 4 rings (SSSR count). The topological polar surface area (TPSA) is 67.4 Å². The first kappa shape index (κ1) is 20.5. The number of aryl methyl sites for hydroxylation is 1. The van der Waals surface area contributed by atoms with Crippen LogP contribution in [0.3, 0.4) is 0 Å². The average Bonchev–Trinajstić information content (AvgIpc) is 3.18. The minimum Gasteiger partial charge on any atom is -0.493 e. The van der Waals surface area contributed by atoms with Gasteiger partial charge in [-0.1, -0.05) is 42.5 Å². The molecular weight excluding hydrogens is 376 g/mol. The van der Waals surface area contributed by atoms with Gasteiger partial charge in [0.15, 0.2) is 0 Å². The zero-order chi connectivity index (χ0) is 20.8. The van der Waals surface area contributed by atoms with Crippen molar-refractivity contribution in [3.8, 4) is 5.75 Å². The highest BCUT2D eigenvalue weighted by Gasteiger charge is 2.30. The summed E-state index contributed by atoms with van der Waals surface area (Å²) in [6.45, 7) is 0.371. The number of nitrogens with one attached hydrogen (secondary N) is 2. The maximum Gasteiger partial charge on any atom is 0.223 e. The molecule has 0 bridgehead atoms. The van der Waals surface area contributed by atoms with E-state index in [1.54, 1.807) is 0 Å². The fourth-order valence-electron chi connectivity index (χ4n) is 4.57. The first-order chi connectivity index (χ1) is 14.7. The van der Waals surface area contributed by atoms with Crippen molar-refractivity contribution in [2.75, 3.05) is 6.61 Å². The summed E-state index contributed by atoms with van der Waals surface area (Å²) in [5.74, 6) is 1.01. The van der Waals surface area contributed by atoms with Crippen molar-refractivity contribution >= 4 is 11.8 Å². The van der Waals surface area contributed by atoms with Gasteiger partial charge in [0.25, 0.3) is 0 Å². The van der Waals surface area contributed by atoms with Crippen LogP contribution in [-0.4, -0.2) is 24.5 Å². The molecule has 2 aromatic rings. The zero-order valence-corrected chi connectivity index (χ0v) is 17.3. The first-order valence-corrected chi connectivity index (χ1v) is 11.0. The van der Waals surface area contributed by atoms with Crippen LogP contribution in [0, 0.1) is 5.92 Å². The minimum absolute atomic E-state index is 0.0152. The lowest BCUT2D eigenvalue weighted by molar-refractivity contribution is -0.127. The smallest absolute Gasteiger partial charge is 0.223 e. The fourth-order valence-corrected chi connectivity index (χ4v) is 4.57. The summed E-state index contributed by atoms with van der Waals surface area (Å²) in [6.07, 6.45) is 5.72. The summed E-state index contributed by atoms with van der Waals surface area (Å²) in [4.78, 5) is 24.9. The standard InChI is InChI=1S/C25H30N2O3/c28-24(16-17-30-21-7-2-1-3-8-21)26-20-13-10-19(11-14-20)25(29)27-23-15-12-18-6-4-5-9-22(18)23/h1-9,19-20,23H,10-17H2,(H,26,28)(H,27,29). The molecule has 30 heavy (non-hydrogen) atoms. The molecule has 158 valence electrons. The normalized spacial score (nSPS) is 22.7. The quantitative estimate of drug-likeness (QED) is 0.732. The van der Waals surface area contributed by atoms with Crippen molar-refractivity contribution in [3.63, 3.8) is 0 Å². The molecule has 5 heteroatoms. The molecule has 1 atom stereocenters. The van der Waals surface area contributed by atoms with Crippen LogP contribution >= 0.6 is 0 Å². The van der Waals surface area contributed by atoms with Crippen LogP contribution in [0.1, 0.15) is 55.7 Å². The Morgan fingerprint density at radius 1 is 0.867 bits per heavy atom. The second-order valence-corrected chi connectivity index (χ2v) is 8.33. The predicted molar refractivity (Wildman–Crippen MR) is 116 cm³/mol. The summed E-state index contributed by atoms with van der Waals surface area (Å²) in [5.41, 5.74) is 2.62. The maximum absolute atomic E-state index is 12.8. The van der Waals surface area contributed by atoms with Gasteiger partial charge in [-0.15, -0.1) is 0 Å². The number of hydrogen-bond acceptors (Lipinski definition) is 3. The molecule has 2 N–H and O–H groups in total. The second kappa shape index (κ2) is 9.79. The van der Waals surface area contributed by atoms with E-state index in [1.807, 2.05) is 36.4 Å². The highest BCUT2D eigenvalue weighted by Crippen LogP contribution is 2.32. The highest BCUT2D eigenvalue weighted by molar-refractivity contribution is 5.79. The Hall–Kier alpha value is -2.82. The Balaban J connectivity index is 1.16. The second-order valence-electron chi connectivity index (χ2n) is 8.33. The number of rotatable bonds is 7. The number of fused-ring (bicyclic) bond motifs is 1. The summed E-state index contributed by atoms with van der Waals surface area (Å²) >= 11 is 0. The van der Waals surface area contributed by atoms with Crippen molar-refractivity contribution in [2.24, 2.45) is 5.92 Å². The molecule has 1 fully saturated rings. The Morgan fingerprint density at radius 2 is 1.60 bits per heavy atom. The largest absolute Gasteiger partial charge is 0.493 e. The number of carbonyl (C=O) groups excluding carboxylic acids is 2. The number of para-hydroxylation sites is 1. The van der Waals surface area contributed by atoms with Gasteiger partial charge in [0.05, 0.1) is 19.1 Å². The molecule has 2 aliphatic rings. The zero-order valence-electron chi connectivity index (χ0n) is 17.3. The van der Waals surface area contributed by atoms with Crippen LogP contribution in [0.15, 0.2) is 54.6 Å². The van der Waals surface area contributed by atoms with E-state index >= 15 is 0 Å². The van der Waals surface area contributed by atoms with Crippen molar-refractivity contribution in [2.45, 2.75) is 57.0 Å². The monoisotopic (exact) mass is 406 g/mol. The maximum atomic E-state index is 12.8. The number of ether oxygens (including phenoxy) is 1. The van der Waals surface area contributed by atoms with Gasteiger partial charge >= 0.3 is 0 Å². The van der Waals surface area contributed by atoms with Gasteiger partial charge < -0.3 is 15.4 Å². The third-order valence-electron chi connectivity index (χ3n) is 6.25. The number of amides is 2. The Kier molecular flexibility index (Phi) is 6.67. The molecule has 0 spiro atoms. The SMILES string of the molecule is O=C(CCOc1ccccc1)NC1CCC(C(=O)NC2CCc3ccccc32)CC1. The number of carbonyl (C=O) groups is 2. The van der Waals surface area contributed by atoms with Gasteiger partial charge in [-0.2, -0.15) is 0 Å². The third kappa shape index (κ3) is 5.21. The lowest BCUT2D eigenvalue weighted by Gasteiger charge is -2.29. The lowest BCUT2D eigenvalue weighted by atomic mass is 9.85. The molecule has 5 nitrogen and oxygen atoms in total. The van der Waals surface area contributed by atoms with E-state index in [0.717, 1.165) is 44.3 Å². The van der Waals surface area contributed by atoms with E-state index in [9.17, 15) is 9.59 Å². The van der Waals surface area contributed by atoms with Crippen LogP contribution in [0.2, 0.25) is 0 Å². The van der Waals surface area contributed by atoms with Crippen LogP contribution < -0.4 is 15.4 Å². The third-order valence-corrected chi connectivity index (χ3v) is 6.25. The van der Waals surface area contributed by atoms with E-state index in [1.165, 1.54) is 11.1 Å². The molecule has 2 aliphatic carbocycles. The molecule has 1 saturated carbocycles. The van der Waals surface area contributed by atoms with Crippen molar-refractivity contribution < 1.29 is 14.3 Å². The number of hydrogen-bond donors (Lipinski definition) is 2. The Labute approximate surface area is 178 Å². The molecule has 0 aliphatic heterocycles. The van der Waals surface area contributed by atoms with Crippen molar-refractivity contribution in [1.82, 2.24) is 10.6 Å². The highest BCUT2D eigenvalue weighted by atomic mass is 16.5. The van der Waals surface area contributed by atoms with Crippen molar-refractivity contribution in [3.05, 3.63) is 65.7 Å². The van der Waals surface area contributed by atoms with E-state index in [-0.39, 0.29) is 29.8 Å². The van der Waals surface area contributed by atoms with E-state index < -0.39 is 0 Å². The molecule has 1 unspecified atom stereocenters. The fraction of sp³-hybridized carbons (Fsp3) is 0.440. The van der Waals surface area contributed by atoms with Gasteiger partial charge in [0.1, 0.15) is 5.75 Å². The Morgan fingerprint density at radius 3 is 2.40 bits per heavy atom. The summed E-state index contributed by atoms with van der Waals surface area (Å²) in [5, 5.41) is 6.36. The summed E-state index contributed by atoms with van der Waals surface area (Å²) in [7, 11) is 0. The summed E-state index contributed by atoms with van der Waals surface area (Å²) in [6, 6.07) is 18.2. The lowest BCUT2D eigenvalue weighted by Crippen LogP contribution is -2.41. The molecule has 0 radical (unpaired) electrons. The molecule has 2 aromatic carbocycles. The van der Waals surface area contributed by atoms with Crippen LogP contribution in [0.25, 0.3) is 0 Å². The van der Waals surface area contributed by atoms with E-state index in [0.29, 0.717) is 13.0 Å². The molecule has 0 saturated heterocycles. The Bertz CT molecular complexity index is 860. The van der Waals surface area contributed by atoms with Gasteiger partial charge in [-0.25, -0.2) is 0 Å². The van der Waals surface area contributed by atoms with Gasteiger partial charge in [0, 0.05) is 12.0 Å². The van der Waals surface area contributed by atoms with E-state index in [2.05, 4.69) is 28.8 Å². The number of benzene rings is 2. The predicted octanol–water partition coefficient (Wildman–Crippen LogP) is 3.93. The van der Waals surface area contributed by atoms with Crippen LogP contribution in [-0.2, 0) is 16.0 Å². The molecule has 0 heterocycles. The molecular formula is C25H30N2O3. The molecule has 0 aromatic heterocycles. The average molecular weight is 407 g/mol. The van der Waals surface area contributed by atoms with Gasteiger partial charge in [-0.05, 0) is 61.8 Å². The van der Waals surface area contributed by atoms with Gasteiger partial charge in [0.2, 0.25) is 11.8 Å². The van der Waals surface area contributed by atoms with E-state index in [4.69, 9.17) is 4.74 Å².